The Bertz CT molecular complexity index is 1030. The van der Waals surface area contributed by atoms with E-state index in [0.717, 1.165) is 11.1 Å². The van der Waals surface area contributed by atoms with Crippen molar-refractivity contribution in [1.29, 1.82) is 0 Å². The smallest absolute Gasteiger partial charge is 0.242 e. The minimum atomic E-state index is -0.0823. The van der Waals surface area contributed by atoms with Gasteiger partial charge in [-0.05, 0) is 43.4 Å². The highest BCUT2D eigenvalue weighted by atomic mass is 35.5. The van der Waals surface area contributed by atoms with Gasteiger partial charge in [-0.3, -0.25) is 14.5 Å². The normalized spacial score (nSPS) is 10.7. The Labute approximate surface area is 173 Å². The van der Waals surface area contributed by atoms with Gasteiger partial charge in [-0.15, -0.1) is 0 Å². The van der Waals surface area contributed by atoms with Crippen LogP contribution in [0.4, 0.5) is 0 Å². The minimum absolute atomic E-state index is 0.0823. The summed E-state index contributed by atoms with van der Waals surface area (Å²) in [5.74, 6) is 1.24. The predicted octanol–water partition coefficient (Wildman–Crippen LogP) is 4.11. The van der Waals surface area contributed by atoms with Crippen LogP contribution in [0, 0.1) is 11.7 Å². The molecule has 0 atom stereocenters. The molecule has 146 valence electrons. The molecular weight excluding hydrogens is 396 g/mol. The Morgan fingerprint density at radius 1 is 1.29 bits per heavy atom. The van der Waals surface area contributed by atoms with Crippen molar-refractivity contribution in [2.45, 2.75) is 13.5 Å². The van der Waals surface area contributed by atoms with Gasteiger partial charge in [-0.25, -0.2) is 0 Å². The van der Waals surface area contributed by atoms with Gasteiger partial charge < -0.3 is 9.64 Å². The zero-order valence-electron chi connectivity index (χ0n) is 15.7. The van der Waals surface area contributed by atoms with Crippen LogP contribution in [0.25, 0.3) is 11.4 Å². The van der Waals surface area contributed by atoms with E-state index in [0.29, 0.717) is 34.5 Å². The van der Waals surface area contributed by atoms with E-state index in [4.69, 9.17) is 28.6 Å². The maximum Gasteiger partial charge on any atom is 0.242 e. The monoisotopic (exact) mass is 416 g/mol. The fraction of sp³-hybridized carbons (Fsp3) is 0.250. The van der Waals surface area contributed by atoms with Crippen molar-refractivity contribution in [2.75, 3.05) is 20.2 Å². The number of aryl methyl sites for hydroxylation is 1. The summed E-state index contributed by atoms with van der Waals surface area (Å²) >= 11 is 11.3. The number of nitrogens with zero attached hydrogens (tertiary/aromatic N) is 3. The van der Waals surface area contributed by atoms with Crippen LogP contribution in [0.15, 0.2) is 48.5 Å². The summed E-state index contributed by atoms with van der Waals surface area (Å²) in [4.78, 5) is 14.3. The van der Waals surface area contributed by atoms with Gasteiger partial charge in [0, 0.05) is 17.6 Å². The van der Waals surface area contributed by atoms with Gasteiger partial charge in [0.25, 0.3) is 0 Å². The van der Waals surface area contributed by atoms with Gasteiger partial charge in [-0.2, -0.15) is 5.10 Å². The number of carbonyl (C=O) groups excluding carboxylic acids is 1. The number of H-pyrrole nitrogens is 1. The van der Waals surface area contributed by atoms with Crippen molar-refractivity contribution in [1.82, 2.24) is 19.7 Å². The lowest BCUT2D eigenvalue weighted by Gasteiger charge is -2.18. The molecule has 1 heterocycles. The Kier molecular flexibility index (Phi) is 6.49. The predicted molar refractivity (Wildman–Crippen MR) is 112 cm³/mol. The molecule has 0 radical (unpaired) electrons. The summed E-state index contributed by atoms with van der Waals surface area (Å²) in [6.45, 7) is 2.92. The van der Waals surface area contributed by atoms with E-state index >= 15 is 0 Å². The summed E-state index contributed by atoms with van der Waals surface area (Å²) in [6, 6.07) is 15.1. The first kappa shape index (κ1) is 20.1. The highest BCUT2D eigenvalue weighted by molar-refractivity contribution is 7.71. The molecule has 0 unspecified atom stereocenters. The standard InChI is InChI=1S/C20H21ClN4O2S/c1-14-5-3-6-15(11-14)19-22-23-20(28)25(19)13-18(26)24(2)9-10-27-17-8-4-7-16(21)12-17/h3-8,11-12H,9-10,13H2,1-2H3,(H,23,28). The van der Waals surface area contributed by atoms with Crippen LogP contribution in [0.5, 0.6) is 5.75 Å². The summed E-state index contributed by atoms with van der Waals surface area (Å²) in [5.41, 5.74) is 2.02. The number of ether oxygens (including phenoxy) is 1. The quantitative estimate of drug-likeness (QED) is 0.589. The number of aromatic nitrogens is 3. The van der Waals surface area contributed by atoms with Crippen molar-refractivity contribution >= 4 is 29.7 Å². The highest BCUT2D eigenvalue weighted by Gasteiger charge is 2.15. The van der Waals surface area contributed by atoms with Crippen LogP contribution in [-0.2, 0) is 11.3 Å². The van der Waals surface area contributed by atoms with E-state index in [1.165, 1.54) is 0 Å². The van der Waals surface area contributed by atoms with Gasteiger partial charge in [0.2, 0.25) is 5.91 Å². The molecule has 2 aromatic carbocycles. The van der Waals surface area contributed by atoms with Crippen LogP contribution in [0.1, 0.15) is 5.56 Å². The first-order chi connectivity index (χ1) is 13.4. The van der Waals surface area contributed by atoms with E-state index < -0.39 is 0 Å². The van der Waals surface area contributed by atoms with Crippen molar-refractivity contribution in [3.8, 4) is 17.1 Å². The number of carbonyl (C=O) groups is 1. The SMILES string of the molecule is Cc1cccc(-c2n[nH]c(=S)n2CC(=O)N(C)CCOc2cccc(Cl)c2)c1. The van der Waals surface area contributed by atoms with Crippen LogP contribution < -0.4 is 4.74 Å². The first-order valence-corrected chi connectivity index (χ1v) is 9.57. The van der Waals surface area contributed by atoms with Crippen molar-refractivity contribution in [3.63, 3.8) is 0 Å². The Hall–Kier alpha value is -2.64. The zero-order chi connectivity index (χ0) is 20.1. The molecule has 8 heteroatoms. The van der Waals surface area contributed by atoms with E-state index in [1.807, 2.05) is 43.3 Å². The number of rotatable bonds is 7. The number of nitrogens with one attached hydrogen (secondary N) is 1. The van der Waals surface area contributed by atoms with Crippen molar-refractivity contribution in [3.05, 3.63) is 63.9 Å². The maximum atomic E-state index is 12.7. The van der Waals surface area contributed by atoms with Crippen LogP contribution >= 0.6 is 23.8 Å². The number of benzene rings is 2. The molecule has 0 bridgehead atoms. The van der Waals surface area contributed by atoms with Gasteiger partial charge >= 0.3 is 0 Å². The molecule has 0 spiro atoms. The number of halogens is 1. The number of likely N-dealkylation sites (N-methyl/N-ethyl adjacent to an activating group) is 1. The molecule has 0 aliphatic heterocycles. The molecule has 6 nitrogen and oxygen atoms in total. The summed E-state index contributed by atoms with van der Waals surface area (Å²) in [7, 11) is 1.74. The maximum absolute atomic E-state index is 12.7. The number of aromatic amines is 1. The third kappa shape index (κ3) is 4.99. The van der Waals surface area contributed by atoms with Crippen molar-refractivity contribution < 1.29 is 9.53 Å². The molecule has 0 aliphatic carbocycles. The second-order valence-corrected chi connectivity index (χ2v) is 7.25. The Morgan fingerprint density at radius 2 is 2.07 bits per heavy atom. The van der Waals surface area contributed by atoms with E-state index in [1.54, 1.807) is 28.6 Å². The van der Waals surface area contributed by atoms with Gasteiger partial charge in [-0.1, -0.05) is 41.4 Å². The fourth-order valence-electron chi connectivity index (χ4n) is 2.71. The second-order valence-electron chi connectivity index (χ2n) is 6.43. The summed E-state index contributed by atoms with van der Waals surface area (Å²) in [6.07, 6.45) is 0. The Balaban J connectivity index is 1.63. The molecule has 3 rings (SSSR count). The minimum Gasteiger partial charge on any atom is -0.492 e. The third-order valence-corrected chi connectivity index (χ3v) is 4.79. The lowest BCUT2D eigenvalue weighted by molar-refractivity contribution is -0.130. The molecule has 0 saturated carbocycles. The zero-order valence-corrected chi connectivity index (χ0v) is 17.3. The molecule has 1 N–H and O–H groups in total. The third-order valence-electron chi connectivity index (χ3n) is 4.25. The average molecular weight is 417 g/mol. The average Bonchev–Trinajstić information content (AvgIpc) is 3.02. The van der Waals surface area contributed by atoms with Gasteiger partial charge in [0.05, 0.1) is 6.54 Å². The molecular formula is C20H21ClN4O2S. The van der Waals surface area contributed by atoms with Crippen molar-refractivity contribution in [2.24, 2.45) is 0 Å². The first-order valence-electron chi connectivity index (χ1n) is 8.78. The molecule has 1 amide bonds. The largest absolute Gasteiger partial charge is 0.492 e. The molecule has 28 heavy (non-hydrogen) atoms. The van der Waals surface area contributed by atoms with E-state index in [2.05, 4.69) is 10.2 Å². The highest BCUT2D eigenvalue weighted by Crippen LogP contribution is 2.19. The molecule has 1 aromatic heterocycles. The molecule has 0 aliphatic rings. The second kappa shape index (κ2) is 9.03. The lowest BCUT2D eigenvalue weighted by Crippen LogP contribution is -2.33. The Morgan fingerprint density at radius 3 is 2.82 bits per heavy atom. The molecule has 0 saturated heterocycles. The van der Waals surface area contributed by atoms with Crippen LogP contribution in [0.2, 0.25) is 5.02 Å². The van der Waals surface area contributed by atoms with Crippen LogP contribution in [-0.4, -0.2) is 45.8 Å². The number of hydrogen-bond donors (Lipinski definition) is 1. The van der Waals surface area contributed by atoms with Gasteiger partial charge in [0.15, 0.2) is 10.6 Å². The van der Waals surface area contributed by atoms with Gasteiger partial charge in [0.1, 0.15) is 18.9 Å². The van der Waals surface area contributed by atoms with E-state index in [9.17, 15) is 4.79 Å². The lowest BCUT2D eigenvalue weighted by atomic mass is 10.1. The summed E-state index contributed by atoms with van der Waals surface area (Å²) in [5, 5.41) is 7.68. The fourth-order valence-corrected chi connectivity index (χ4v) is 3.08. The summed E-state index contributed by atoms with van der Waals surface area (Å²) < 4.78 is 7.77. The van der Waals surface area contributed by atoms with Crippen LogP contribution in [0.3, 0.4) is 0 Å². The number of amides is 1. The molecule has 0 fully saturated rings. The van der Waals surface area contributed by atoms with E-state index in [-0.39, 0.29) is 12.5 Å². The topological polar surface area (TPSA) is 63.2 Å². The number of hydrogen-bond acceptors (Lipinski definition) is 4. The molecule has 3 aromatic rings.